The van der Waals surface area contributed by atoms with Crippen molar-refractivity contribution in [3.05, 3.63) is 59.0 Å². The van der Waals surface area contributed by atoms with Crippen molar-refractivity contribution in [3.8, 4) is 11.5 Å². The third-order valence-corrected chi connectivity index (χ3v) is 4.86. The average Bonchev–Trinajstić information content (AvgIpc) is 2.67. The highest BCUT2D eigenvalue weighted by molar-refractivity contribution is 7.95. The van der Waals surface area contributed by atoms with Gasteiger partial charge in [-0.1, -0.05) is 23.8 Å². The highest BCUT2D eigenvalue weighted by Crippen LogP contribution is 2.34. The van der Waals surface area contributed by atoms with Crippen LogP contribution >= 0.6 is 0 Å². The Hall–Kier alpha value is -2.27. The molecule has 1 aliphatic rings. The number of aryl methyl sites for hydroxylation is 1. The van der Waals surface area contributed by atoms with E-state index in [-0.39, 0.29) is 12.4 Å². The maximum absolute atomic E-state index is 12.1. The number of phenols is 1. The zero-order valence-electron chi connectivity index (χ0n) is 11.4. The van der Waals surface area contributed by atoms with Crippen LogP contribution in [0.5, 0.6) is 11.5 Å². The van der Waals surface area contributed by atoms with Gasteiger partial charge in [-0.3, -0.25) is 0 Å². The number of hydrogen-bond donors (Lipinski definition) is 1. The van der Waals surface area contributed by atoms with Crippen LogP contribution < -0.4 is 4.74 Å². The van der Waals surface area contributed by atoms with Gasteiger partial charge in [-0.05, 0) is 25.1 Å². The summed E-state index contributed by atoms with van der Waals surface area (Å²) in [6.45, 7) is 2.05. The minimum absolute atomic E-state index is 0.108. The second kappa shape index (κ2) is 4.93. The molecule has 0 atom stereocenters. The molecule has 0 aromatic heterocycles. The first-order valence-corrected chi connectivity index (χ1v) is 7.99. The summed E-state index contributed by atoms with van der Waals surface area (Å²) in [5.41, 5.74) is 2.31. The lowest BCUT2D eigenvalue weighted by atomic mass is 10.1. The zero-order valence-corrected chi connectivity index (χ0v) is 12.2. The molecule has 0 radical (unpaired) electrons. The van der Waals surface area contributed by atoms with E-state index < -0.39 is 9.84 Å². The van der Waals surface area contributed by atoms with Crippen LogP contribution in [0.2, 0.25) is 0 Å². The number of ether oxygens (including phenoxy) is 1. The Balaban J connectivity index is 1.89. The monoisotopic (exact) mass is 302 g/mol. The summed E-state index contributed by atoms with van der Waals surface area (Å²) in [5, 5.41) is 10.6. The Bertz CT molecular complexity index is 835. The van der Waals surface area contributed by atoms with E-state index in [9.17, 15) is 13.5 Å². The van der Waals surface area contributed by atoms with Crippen molar-refractivity contribution < 1.29 is 18.3 Å². The molecule has 108 valence electrons. The summed E-state index contributed by atoms with van der Waals surface area (Å²) in [6.07, 6.45) is 0. The zero-order chi connectivity index (χ0) is 15.0. The fraction of sp³-hybridized carbons (Fsp3) is 0.125. The summed E-state index contributed by atoms with van der Waals surface area (Å²) in [4.78, 5) is 0.322. The molecule has 3 rings (SSSR count). The number of sulfone groups is 1. The normalized spacial score (nSPS) is 15.4. The molecule has 0 amide bonds. The standard InChI is InChI=1S/C16H14O4S/c1-11-5-6-16-15(7-11)12(10-21(16,18)19)9-20-14-4-2-3-13(17)8-14/h2-8,10,17H,9H2,1H3. The number of benzene rings is 2. The van der Waals surface area contributed by atoms with Gasteiger partial charge in [0.05, 0.1) is 4.90 Å². The highest BCUT2D eigenvalue weighted by Gasteiger charge is 2.27. The molecule has 2 aromatic rings. The van der Waals surface area contributed by atoms with E-state index in [0.29, 0.717) is 21.8 Å². The van der Waals surface area contributed by atoms with Crippen LogP contribution in [-0.4, -0.2) is 20.1 Å². The lowest BCUT2D eigenvalue weighted by molar-refractivity contribution is 0.366. The van der Waals surface area contributed by atoms with Crippen LogP contribution in [0.4, 0.5) is 0 Å². The van der Waals surface area contributed by atoms with E-state index in [4.69, 9.17) is 4.74 Å². The molecule has 1 aliphatic heterocycles. The minimum Gasteiger partial charge on any atom is -0.508 e. The quantitative estimate of drug-likeness (QED) is 0.947. The summed E-state index contributed by atoms with van der Waals surface area (Å²) in [5.74, 6) is 0.603. The van der Waals surface area contributed by atoms with Gasteiger partial charge < -0.3 is 9.84 Å². The lowest BCUT2D eigenvalue weighted by Crippen LogP contribution is -1.99. The number of rotatable bonds is 3. The van der Waals surface area contributed by atoms with Crippen molar-refractivity contribution >= 4 is 15.4 Å². The van der Waals surface area contributed by atoms with E-state index in [1.807, 2.05) is 13.0 Å². The Labute approximate surface area is 123 Å². The summed E-state index contributed by atoms with van der Waals surface area (Å²) < 4.78 is 29.7. The van der Waals surface area contributed by atoms with Crippen molar-refractivity contribution in [1.82, 2.24) is 0 Å². The largest absolute Gasteiger partial charge is 0.508 e. The molecule has 2 aromatic carbocycles. The second-order valence-electron chi connectivity index (χ2n) is 4.97. The highest BCUT2D eigenvalue weighted by atomic mass is 32.2. The van der Waals surface area contributed by atoms with Crippen molar-refractivity contribution in [1.29, 1.82) is 0 Å². The van der Waals surface area contributed by atoms with Crippen molar-refractivity contribution in [2.24, 2.45) is 0 Å². The second-order valence-corrected chi connectivity index (χ2v) is 6.74. The predicted octanol–water partition coefficient (Wildman–Crippen LogP) is 2.91. The van der Waals surface area contributed by atoms with Gasteiger partial charge in [0.15, 0.2) is 0 Å². The van der Waals surface area contributed by atoms with Crippen LogP contribution in [-0.2, 0) is 9.84 Å². The molecular weight excluding hydrogens is 288 g/mol. The fourth-order valence-corrected chi connectivity index (χ4v) is 3.75. The third kappa shape index (κ3) is 2.64. The molecule has 0 aliphatic carbocycles. The Morgan fingerprint density at radius 2 is 1.95 bits per heavy atom. The molecule has 0 bridgehead atoms. The number of aromatic hydroxyl groups is 1. The van der Waals surface area contributed by atoms with Gasteiger partial charge in [0, 0.05) is 22.6 Å². The minimum atomic E-state index is -3.38. The van der Waals surface area contributed by atoms with E-state index in [1.54, 1.807) is 30.3 Å². The van der Waals surface area contributed by atoms with Gasteiger partial charge >= 0.3 is 0 Å². The molecule has 1 heterocycles. The first kappa shape index (κ1) is 13.7. The van der Waals surface area contributed by atoms with Gasteiger partial charge in [-0.15, -0.1) is 0 Å². The molecule has 0 spiro atoms. The van der Waals surface area contributed by atoms with E-state index in [2.05, 4.69) is 0 Å². The first-order chi connectivity index (χ1) is 9.95. The van der Waals surface area contributed by atoms with Gasteiger partial charge in [0.25, 0.3) is 0 Å². The fourth-order valence-electron chi connectivity index (χ4n) is 2.30. The maximum atomic E-state index is 12.1. The Kier molecular flexibility index (Phi) is 3.22. The van der Waals surface area contributed by atoms with Crippen molar-refractivity contribution in [3.63, 3.8) is 0 Å². The van der Waals surface area contributed by atoms with Gasteiger partial charge in [0.1, 0.15) is 18.1 Å². The summed E-state index contributed by atoms with van der Waals surface area (Å²) in [7, 11) is -3.38. The summed E-state index contributed by atoms with van der Waals surface area (Å²) >= 11 is 0. The Morgan fingerprint density at radius 3 is 2.71 bits per heavy atom. The Morgan fingerprint density at radius 1 is 1.14 bits per heavy atom. The number of fused-ring (bicyclic) bond motifs is 1. The average molecular weight is 302 g/mol. The lowest BCUT2D eigenvalue weighted by Gasteiger charge is -2.08. The number of hydrogen-bond acceptors (Lipinski definition) is 4. The van der Waals surface area contributed by atoms with Crippen LogP contribution in [0.3, 0.4) is 0 Å². The SMILES string of the molecule is Cc1ccc2c(c1)C(COc1cccc(O)c1)=CS2(=O)=O. The smallest absolute Gasteiger partial charge is 0.200 e. The molecule has 4 nitrogen and oxygen atoms in total. The molecule has 21 heavy (non-hydrogen) atoms. The van der Waals surface area contributed by atoms with Crippen LogP contribution in [0.15, 0.2) is 52.8 Å². The molecule has 0 unspecified atom stereocenters. The van der Waals surface area contributed by atoms with Crippen LogP contribution in [0.1, 0.15) is 11.1 Å². The topological polar surface area (TPSA) is 63.6 Å². The van der Waals surface area contributed by atoms with Crippen LogP contribution in [0, 0.1) is 6.92 Å². The molecule has 0 fully saturated rings. The van der Waals surface area contributed by atoms with Crippen LogP contribution in [0.25, 0.3) is 5.57 Å². The van der Waals surface area contributed by atoms with Gasteiger partial charge in [-0.2, -0.15) is 0 Å². The van der Waals surface area contributed by atoms with E-state index in [0.717, 1.165) is 5.56 Å². The van der Waals surface area contributed by atoms with Crippen molar-refractivity contribution in [2.45, 2.75) is 11.8 Å². The van der Waals surface area contributed by atoms with Gasteiger partial charge in [0.2, 0.25) is 9.84 Å². The summed E-state index contributed by atoms with van der Waals surface area (Å²) in [6, 6.07) is 11.7. The molecule has 1 N–H and O–H groups in total. The van der Waals surface area contributed by atoms with Crippen molar-refractivity contribution in [2.75, 3.05) is 6.61 Å². The first-order valence-electron chi connectivity index (χ1n) is 6.44. The predicted molar refractivity (Wildman–Crippen MR) is 79.9 cm³/mol. The molecular formula is C16H14O4S. The maximum Gasteiger partial charge on any atom is 0.200 e. The number of phenolic OH excluding ortho intramolecular Hbond substituents is 1. The van der Waals surface area contributed by atoms with E-state index in [1.165, 1.54) is 11.5 Å². The third-order valence-electron chi connectivity index (χ3n) is 3.30. The molecule has 0 saturated carbocycles. The molecule has 5 heteroatoms. The van der Waals surface area contributed by atoms with E-state index >= 15 is 0 Å². The van der Waals surface area contributed by atoms with Gasteiger partial charge in [-0.25, -0.2) is 8.42 Å². The molecule has 0 saturated heterocycles.